The molecule has 7 nitrogen and oxygen atoms in total. The summed E-state index contributed by atoms with van der Waals surface area (Å²) in [5.74, 6) is 0.718. The van der Waals surface area contributed by atoms with Gasteiger partial charge in [0.05, 0.1) is 13.2 Å². The molecule has 4 aromatic carbocycles. The molecule has 41 heavy (non-hydrogen) atoms. The van der Waals surface area contributed by atoms with Gasteiger partial charge in [0.2, 0.25) is 0 Å². The van der Waals surface area contributed by atoms with E-state index in [1.165, 1.54) is 11.3 Å². The summed E-state index contributed by atoms with van der Waals surface area (Å²) in [5.41, 5.74) is 5.07. The van der Waals surface area contributed by atoms with E-state index in [9.17, 15) is 4.79 Å². The van der Waals surface area contributed by atoms with E-state index in [4.69, 9.17) is 9.47 Å². The number of morpholine rings is 1. The molecule has 1 N–H and O–H groups in total. The molecular weight excluding hydrogens is 512 g/mol. The summed E-state index contributed by atoms with van der Waals surface area (Å²) >= 11 is 0. The fourth-order valence-corrected chi connectivity index (χ4v) is 5.70. The normalized spacial score (nSPS) is 16.1. The predicted molar refractivity (Wildman–Crippen MR) is 167 cm³/mol. The lowest BCUT2D eigenvalue weighted by atomic mass is 10.1. The minimum absolute atomic E-state index is 0.114. The number of ether oxygens (including phenoxy) is 2. The van der Waals surface area contributed by atoms with Crippen molar-refractivity contribution < 1.29 is 14.3 Å². The van der Waals surface area contributed by atoms with E-state index in [-0.39, 0.29) is 5.91 Å². The molecule has 2 fully saturated rings. The van der Waals surface area contributed by atoms with Gasteiger partial charge in [-0.25, -0.2) is 0 Å². The molecule has 0 bridgehead atoms. The molecule has 7 heteroatoms. The van der Waals surface area contributed by atoms with Crippen LogP contribution in [0.3, 0.4) is 0 Å². The van der Waals surface area contributed by atoms with E-state index < -0.39 is 0 Å². The lowest BCUT2D eigenvalue weighted by molar-refractivity contribution is 0.0323. The molecule has 4 aromatic rings. The number of anilines is 3. The van der Waals surface area contributed by atoms with Crippen molar-refractivity contribution in [1.29, 1.82) is 0 Å². The summed E-state index contributed by atoms with van der Waals surface area (Å²) in [6.07, 6.45) is 0. The number of carbonyl (C=O) groups excluding carboxylic acids is 1. The van der Waals surface area contributed by atoms with Gasteiger partial charge in [0.15, 0.2) is 0 Å². The standard InChI is InChI=1S/C34H38N4O3/c1-26-6-4-8-28(24-26)37-14-16-38(17-15-37)29-9-5-7-27(25-29)34(39)35-32-12-13-33(31-11-3-2-10-30(31)32)41-23-20-36-18-21-40-22-19-36/h2-13,24-25H,14-23H2,1H3,(H,35,39). The monoisotopic (exact) mass is 550 g/mol. The van der Waals surface area contributed by atoms with E-state index in [0.29, 0.717) is 12.2 Å². The molecule has 0 radical (unpaired) electrons. The third-order valence-electron chi connectivity index (χ3n) is 8.02. The average molecular weight is 551 g/mol. The highest BCUT2D eigenvalue weighted by Crippen LogP contribution is 2.32. The van der Waals surface area contributed by atoms with Crippen LogP contribution in [0, 0.1) is 6.92 Å². The number of rotatable bonds is 8. The maximum Gasteiger partial charge on any atom is 0.255 e. The van der Waals surface area contributed by atoms with Crippen LogP contribution < -0.4 is 19.9 Å². The van der Waals surface area contributed by atoms with Gasteiger partial charge in [-0.15, -0.1) is 0 Å². The zero-order valence-electron chi connectivity index (χ0n) is 23.7. The highest BCUT2D eigenvalue weighted by Gasteiger charge is 2.19. The van der Waals surface area contributed by atoms with Crippen molar-refractivity contribution in [1.82, 2.24) is 4.90 Å². The molecule has 2 saturated heterocycles. The van der Waals surface area contributed by atoms with E-state index in [0.717, 1.165) is 86.9 Å². The topological polar surface area (TPSA) is 57.3 Å². The van der Waals surface area contributed by atoms with E-state index in [2.05, 4.69) is 57.3 Å². The second-order valence-corrected chi connectivity index (χ2v) is 10.8. The smallest absolute Gasteiger partial charge is 0.255 e. The van der Waals surface area contributed by atoms with Crippen LogP contribution in [0.15, 0.2) is 84.9 Å². The van der Waals surface area contributed by atoms with Gasteiger partial charge >= 0.3 is 0 Å². The van der Waals surface area contributed by atoms with Crippen molar-refractivity contribution >= 4 is 33.7 Å². The number of hydrogen-bond donors (Lipinski definition) is 1. The number of benzene rings is 4. The Labute approximate surface area is 242 Å². The number of nitrogens with one attached hydrogen (secondary N) is 1. The summed E-state index contributed by atoms with van der Waals surface area (Å²) < 4.78 is 11.6. The quantitative estimate of drug-likeness (QED) is 0.315. The highest BCUT2D eigenvalue weighted by atomic mass is 16.5. The fraction of sp³-hybridized carbons (Fsp3) is 0.324. The van der Waals surface area contributed by atoms with Crippen molar-refractivity contribution in [2.24, 2.45) is 0 Å². The van der Waals surface area contributed by atoms with Gasteiger partial charge < -0.3 is 24.6 Å². The van der Waals surface area contributed by atoms with E-state index in [1.54, 1.807) is 0 Å². The molecule has 0 atom stereocenters. The zero-order chi connectivity index (χ0) is 28.0. The fourth-order valence-electron chi connectivity index (χ4n) is 5.70. The Bertz CT molecular complexity index is 1490. The van der Waals surface area contributed by atoms with Gasteiger partial charge in [-0.2, -0.15) is 0 Å². The highest BCUT2D eigenvalue weighted by molar-refractivity contribution is 6.10. The van der Waals surface area contributed by atoms with Crippen LogP contribution in [0.5, 0.6) is 5.75 Å². The third kappa shape index (κ3) is 6.47. The van der Waals surface area contributed by atoms with Crippen LogP contribution in [0.25, 0.3) is 10.8 Å². The maximum atomic E-state index is 13.4. The van der Waals surface area contributed by atoms with Crippen molar-refractivity contribution in [2.45, 2.75) is 6.92 Å². The summed E-state index contributed by atoms with van der Waals surface area (Å²) in [6, 6.07) is 28.6. The van der Waals surface area contributed by atoms with Crippen molar-refractivity contribution in [2.75, 3.05) is 80.8 Å². The lowest BCUT2D eigenvalue weighted by Crippen LogP contribution is -2.46. The number of piperazine rings is 1. The first-order chi connectivity index (χ1) is 20.1. The Morgan fingerprint density at radius 2 is 1.46 bits per heavy atom. The molecule has 0 spiro atoms. The second kappa shape index (κ2) is 12.6. The van der Waals surface area contributed by atoms with Crippen LogP contribution in [-0.4, -0.2) is 76.4 Å². The van der Waals surface area contributed by atoms with Gasteiger partial charge in [0.1, 0.15) is 12.4 Å². The molecule has 2 heterocycles. The van der Waals surface area contributed by atoms with Crippen molar-refractivity contribution in [3.05, 3.63) is 96.1 Å². The SMILES string of the molecule is Cc1cccc(N2CCN(c3cccc(C(=O)Nc4ccc(OCCN5CCOCC5)c5ccccc45)c3)CC2)c1. The molecule has 0 saturated carbocycles. The molecule has 2 aliphatic rings. The number of nitrogens with zero attached hydrogens (tertiary/aromatic N) is 3. The second-order valence-electron chi connectivity index (χ2n) is 10.8. The molecular formula is C34H38N4O3. The summed E-state index contributed by atoms with van der Waals surface area (Å²) in [6.45, 7) is 10.8. The van der Waals surface area contributed by atoms with E-state index in [1.807, 2.05) is 54.6 Å². The molecule has 0 unspecified atom stereocenters. The van der Waals surface area contributed by atoms with Gasteiger partial charge in [-0.1, -0.05) is 42.5 Å². The number of aryl methyl sites for hydroxylation is 1. The minimum atomic E-state index is -0.114. The Kier molecular flexibility index (Phi) is 8.35. The first-order valence-corrected chi connectivity index (χ1v) is 14.6. The Balaban J connectivity index is 1.11. The molecule has 2 aliphatic heterocycles. The maximum absolute atomic E-state index is 13.4. The van der Waals surface area contributed by atoms with Gasteiger partial charge in [0, 0.05) is 79.2 Å². The largest absolute Gasteiger partial charge is 0.492 e. The van der Waals surface area contributed by atoms with E-state index >= 15 is 0 Å². The first kappa shape index (κ1) is 27.1. The van der Waals surface area contributed by atoms with Gasteiger partial charge in [-0.05, 0) is 55.0 Å². The molecule has 6 rings (SSSR count). The van der Waals surface area contributed by atoms with Crippen LogP contribution in [0.1, 0.15) is 15.9 Å². The summed E-state index contributed by atoms with van der Waals surface area (Å²) in [5, 5.41) is 5.12. The van der Waals surface area contributed by atoms with Crippen LogP contribution >= 0.6 is 0 Å². The van der Waals surface area contributed by atoms with Crippen LogP contribution in [0.2, 0.25) is 0 Å². The zero-order valence-corrected chi connectivity index (χ0v) is 23.7. The summed E-state index contributed by atoms with van der Waals surface area (Å²) in [7, 11) is 0. The number of hydrogen-bond acceptors (Lipinski definition) is 6. The van der Waals surface area contributed by atoms with Crippen molar-refractivity contribution in [3.8, 4) is 5.75 Å². The lowest BCUT2D eigenvalue weighted by Gasteiger charge is -2.37. The van der Waals surface area contributed by atoms with Crippen LogP contribution in [-0.2, 0) is 4.74 Å². The molecule has 0 aromatic heterocycles. The molecule has 0 aliphatic carbocycles. The average Bonchev–Trinajstić information content (AvgIpc) is 3.03. The number of carbonyl (C=O) groups is 1. The number of amides is 1. The molecule has 1 amide bonds. The Morgan fingerprint density at radius 1 is 0.780 bits per heavy atom. The number of fused-ring (bicyclic) bond motifs is 1. The minimum Gasteiger partial charge on any atom is -0.492 e. The molecule has 212 valence electrons. The van der Waals surface area contributed by atoms with Crippen molar-refractivity contribution in [3.63, 3.8) is 0 Å². The Morgan fingerprint density at radius 3 is 2.20 bits per heavy atom. The summed E-state index contributed by atoms with van der Waals surface area (Å²) in [4.78, 5) is 20.6. The van der Waals surface area contributed by atoms with Gasteiger partial charge in [0.25, 0.3) is 5.91 Å². The van der Waals surface area contributed by atoms with Gasteiger partial charge in [-0.3, -0.25) is 9.69 Å². The third-order valence-corrected chi connectivity index (χ3v) is 8.02. The first-order valence-electron chi connectivity index (χ1n) is 14.6. The Hall–Kier alpha value is -4.07. The van der Waals surface area contributed by atoms with Crippen LogP contribution in [0.4, 0.5) is 17.1 Å². The predicted octanol–water partition coefficient (Wildman–Crippen LogP) is 5.44.